The Labute approximate surface area is 100 Å². The summed E-state index contributed by atoms with van der Waals surface area (Å²) < 4.78 is 26.2. The van der Waals surface area contributed by atoms with Crippen LogP contribution in [0.4, 0.5) is 8.78 Å². The number of hydrogen-bond acceptors (Lipinski definition) is 1. The first-order chi connectivity index (χ1) is 8.05. The maximum absolute atomic E-state index is 13.1. The Balaban J connectivity index is 1.89. The van der Waals surface area contributed by atoms with Gasteiger partial charge in [0.05, 0.1) is 0 Å². The standard InChI is InChI=1S/C14H17F2N/c15-14(16)7-13(8-14,9-17)12-3-1-2-11(6-12)10-4-5-10/h1-3,6,10H,4-5,7-9,17H2. The van der Waals surface area contributed by atoms with Crippen molar-refractivity contribution in [3.05, 3.63) is 35.4 Å². The normalized spacial score (nSPS) is 25.4. The fourth-order valence-electron chi connectivity index (χ4n) is 2.94. The fraction of sp³-hybridized carbons (Fsp3) is 0.571. The van der Waals surface area contributed by atoms with Crippen LogP contribution in [0.5, 0.6) is 0 Å². The molecule has 0 saturated heterocycles. The molecular weight excluding hydrogens is 220 g/mol. The first-order valence-electron chi connectivity index (χ1n) is 6.23. The van der Waals surface area contributed by atoms with Crippen LogP contribution in [0, 0.1) is 0 Å². The molecule has 0 amide bonds. The predicted octanol–water partition coefficient (Wildman–Crippen LogP) is 3.19. The van der Waals surface area contributed by atoms with Crippen LogP contribution in [-0.2, 0) is 5.41 Å². The van der Waals surface area contributed by atoms with Gasteiger partial charge in [0.25, 0.3) is 0 Å². The zero-order valence-corrected chi connectivity index (χ0v) is 9.76. The van der Waals surface area contributed by atoms with Gasteiger partial charge in [0.2, 0.25) is 5.92 Å². The number of alkyl halides is 2. The average Bonchev–Trinajstić information content (AvgIpc) is 3.09. The van der Waals surface area contributed by atoms with Crippen LogP contribution >= 0.6 is 0 Å². The molecule has 0 aliphatic heterocycles. The molecule has 92 valence electrons. The minimum atomic E-state index is -2.52. The third kappa shape index (κ3) is 1.86. The molecule has 0 spiro atoms. The second-order valence-electron chi connectivity index (χ2n) is 5.59. The van der Waals surface area contributed by atoms with E-state index in [0.717, 1.165) is 5.56 Å². The number of hydrogen-bond donors (Lipinski definition) is 1. The van der Waals surface area contributed by atoms with Crippen LogP contribution in [0.3, 0.4) is 0 Å². The van der Waals surface area contributed by atoms with Crippen LogP contribution in [0.2, 0.25) is 0 Å². The molecule has 0 atom stereocenters. The van der Waals surface area contributed by atoms with Crippen molar-refractivity contribution in [2.24, 2.45) is 5.73 Å². The minimum absolute atomic E-state index is 0.0926. The molecule has 2 aliphatic rings. The van der Waals surface area contributed by atoms with Crippen molar-refractivity contribution in [2.45, 2.75) is 42.9 Å². The van der Waals surface area contributed by atoms with E-state index in [1.807, 2.05) is 12.1 Å². The first-order valence-corrected chi connectivity index (χ1v) is 6.23. The monoisotopic (exact) mass is 237 g/mol. The molecule has 0 radical (unpaired) electrons. The third-order valence-corrected chi connectivity index (χ3v) is 4.13. The van der Waals surface area contributed by atoms with Crippen LogP contribution in [0.15, 0.2) is 24.3 Å². The van der Waals surface area contributed by atoms with Gasteiger partial charge in [-0.3, -0.25) is 0 Å². The van der Waals surface area contributed by atoms with E-state index in [1.165, 1.54) is 18.4 Å². The van der Waals surface area contributed by atoms with E-state index >= 15 is 0 Å². The molecule has 2 fully saturated rings. The molecule has 1 nitrogen and oxygen atoms in total. The summed E-state index contributed by atoms with van der Waals surface area (Å²) in [6.07, 6.45) is 2.28. The number of benzene rings is 1. The summed E-state index contributed by atoms with van der Waals surface area (Å²) in [4.78, 5) is 0. The van der Waals surface area contributed by atoms with E-state index in [9.17, 15) is 8.78 Å². The van der Waals surface area contributed by atoms with Crippen LogP contribution < -0.4 is 5.73 Å². The summed E-state index contributed by atoms with van der Waals surface area (Å²) in [5.74, 6) is -1.86. The zero-order valence-electron chi connectivity index (χ0n) is 9.76. The molecule has 2 N–H and O–H groups in total. The lowest BCUT2D eigenvalue weighted by Gasteiger charge is -2.47. The summed E-state index contributed by atoms with van der Waals surface area (Å²) in [6.45, 7) is 0.316. The van der Waals surface area contributed by atoms with E-state index in [1.54, 1.807) is 0 Å². The highest BCUT2D eigenvalue weighted by molar-refractivity contribution is 5.37. The maximum atomic E-state index is 13.1. The zero-order chi connectivity index (χ0) is 12.1. The second-order valence-corrected chi connectivity index (χ2v) is 5.59. The van der Waals surface area contributed by atoms with Gasteiger partial charge in [-0.1, -0.05) is 24.3 Å². The molecule has 17 heavy (non-hydrogen) atoms. The highest BCUT2D eigenvalue weighted by Gasteiger charge is 2.56. The van der Waals surface area contributed by atoms with E-state index in [2.05, 4.69) is 12.1 Å². The first kappa shape index (κ1) is 11.1. The largest absolute Gasteiger partial charge is 0.330 e. The average molecular weight is 237 g/mol. The lowest BCUT2D eigenvalue weighted by Crippen LogP contribution is -2.53. The van der Waals surface area contributed by atoms with Crippen LogP contribution in [0.1, 0.15) is 42.7 Å². The smallest absolute Gasteiger partial charge is 0.250 e. The van der Waals surface area contributed by atoms with Crippen LogP contribution in [-0.4, -0.2) is 12.5 Å². The molecule has 2 saturated carbocycles. The molecule has 1 aromatic carbocycles. The van der Waals surface area contributed by atoms with Gasteiger partial charge < -0.3 is 5.73 Å². The Bertz CT molecular complexity index is 430. The SMILES string of the molecule is NCC1(c2cccc(C3CC3)c2)CC(F)(F)C1. The van der Waals surface area contributed by atoms with Gasteiger partial charge in [-0.2, -0.15) is 0 Å². The van der Waals surface area contributed by atoms with Gasteiger partial charge in [-0.25, -0.2) is 8.78 Å². The molecule has 3 rings (SSSR count). The third-order valence-electron chi connectivity index (χ3n) is 4.13. The van der Waals surface area contributed by atoms with Crippen LogP contribution in [0.25, 0.3) is 0 Å². The molecule has 0 bridgehead atoms. The van der Waals surface area contributed by atoms with Crippen molar-refractivity contribution in [1.82, 2.24) is 0 Å². The van der Waals surface area contributed by atoms with Crippen molar-refractivity contribution in [2.75, 3.05) is 6.54 Å². The molecule has 3 heteroatoms. The van der Waals surface area contributed by atoms with E-state index in [4.69, 9.17) is 5.73 Å². The molecule has 2 aliphatic carbocycles. The number of rotatable bonds is 3. The maximum Gasteiger partial charge on any atom is 0.250 e. The van der Waals surface area contributed by atoms with E-state index in [-0.39, 0.29) is 12.8 Å². The van der Waals surface area contributed by atoms with Crippen molar-refractivity contribution in [3.63, 3.8) is 0 Å². The molecule has 0 heterocycles. The van der Waals surface area contributed by atoms with Gasteiger partial charge in [0.15, 0.2) is 0 Å². The summed E-state index contributed by atoms with van der Waals surface area (Å²) >= 11 is 0. The van der Waals surface area contributed by atoms with Crippen molar-refractivity contribution >= 4 is 0 Å². The minimum Gasteiger partial charge on any atom is -0.330 e. The quantitative estimate of drug-likeness (QED) is 0.858. The summed E-state index contributed by atoms with van der Waals surface area (Å²) in [6, 6.07) is 8.13. The Morgan fingerprint density at radius 3 is 2.47 bits per heavy atom. The van der Waals surface area contributed by atoms with Crippen molar-refractivity contribution in [3.8, 4) is 0 Å². The fourth-order valence-corrected chi connectivity index (χ4v) is 2.94. The second kappa shape index (κ2) is 3.52. The van der Waals surface area contributed by atoms with Crippen molar-refractivity contribution in [1.29, 1.82) is 0 Å². The van der Waals surface area contributed by atoms with E-state index in [0.29, 0.717) is 12.5 Å². The molecule has 1 aromatic rings. The summed E-state index contributed by atoms with van der Waals surface area (Å²) in [5.41, 5.74) is 7.56. The molecule has 0 unspecified atom stereocenters. The van der Waals surface area contributed by atoms with E-state index < -0.39 is 11.3 Å². The van der Waals surface area contributed by atoms with Gasteiger partial charge in [0, 0.05) is 24.8 Å². The Morgan fingerprint density at radius 2 is 1.94 bits per heavy atom. The van der Waals surface area contributed by atoms with Crippen molar-refractivity contribution < 1.29 is 8.78 Å². The number of nitrogens with two attached hydrogens (primary N) is 1. The Hall–Kier alpha value is -0.960. The van der Waals surface area contributed by atoms with Gasteiger partial charge in [0.1, 0.15) is 0 Å². The predicted molar refractivity (Wildman–Crippen MR) is 63.3 cm³/mol. The highest BCUT2D eigenvalue weighted by Crippen LogP contribution is 2.53. The summed E-state index contributed by atoms with van der Waals surface area (Å²) in [5, 5.41) is 0. The van der Waals surface area contributed by atoms with Gasteiger partial charge in [-0.15, -0.1) is 0 Å². The lowest BCUT2D eigenvalue weighted by atomic mass is 9.62. The van der Waals surface area contributed by atoms with Gasteiger partial charge in [-0.05, 0) is 29.9 Å². The summed E-state index contributed by atoms with van der Waals surface area (Å²) in [7, 11) is 0. The highest BCUT2D eigenvalue weighted by atomic mass is 19.3. The Kier molecular flexibility index (Phi) is 2.31. The number of halogens is 2. The topological polar surface area (TPSA) is 26.0 Å². The van der Waals surface area contributed by atoms with Gasteiger partial charge >= 0.3 is 0 Å². The Morgan fingerprint density at radius 1 is 1.24 bits per heavy atom. The molecule has 0 aromatic heterocycles. The molecular formula is C14H17F2N. The lowest BCUT2D eigenvalue weighted by molar-refractivity contribution is -0.123.